The summed E-state index contributed by atoms with van der Waals surface area (Å²) in [5, 5.41) is 1.16. The Bertz CT molecular complexity index is 1090. The van der Waals surface area contributed by atoms with Crippen molar-refractivity contribution in [2.24, 2.45) is 0 Å². The van der Waals surface area contributed by atoms with Crippen molar-refractivity contribution in [3.63, 3.8) is 0 Å². The third-order valence-electron chi connectivity index (χ3n) is 5.23. The average molecular weight is 418 g/mol. The second kappa shape index (κ2) is 7.57. The Kier molecular flexibility index (Phi) is 5.13. The maximum Gasteiger partial charge on any atom is 0.209 e. The molecule has 0 fully saturated rings. The number of imidazole rings is 1. The second-order valence-electron chi connectivity index (χ2n) is 6.89. The van der Waals surface area contributed by atoms with E-state index in [4.69, 9.17) is 23.2 Å². The highest BCUT2D eigenvalue weighted by molar-refractivity contribution is 6.35. The number of nitrogens with zero attached hydrogens (tertiary/aromatic N) is 3. The fourth-order valence-corrected chi connectivity index (χ4v) is 4.18. The molecule has 28 heavy (non-hydrogen) atoms. The minimum atomic E-state index is -0.305. The van der Waals surface area contributed by atoms with Crippen LogP contribution in [0.2, 0.25) is 10.0 Å². The molecule has 7 heteroatoms. The van der Waals surface area contributed by atoms with Crippen LogP contribution in [0.1, 0.15) is 30.5 Å². The van der Waals surface area contributed by atoms with Crippen LogP contribution in [0.25, 0.3) is 16.6 Å². The van der Waals surface area contributed by atoms with Crippen molar-refractivity contribution >= 4 is 46.2 Å². The molecule has 2 heterocycles. The second-order valence-corrected chi connectivity index (χ2v) is 7.74. The molecule has 3 aromatic rings. The number of hydrogen-bond acceptors (Lipinski definition) is 2. The zero-order valence-electron chi connectivity index (χ0n) is 15.2. The van der Waals surface area contributed by atoms with Crippen LogP contribution in [0.15, 0.2) is 42.7 Å². The molecule has 1 atom stereocenters. The van der Waals surface area contributed by atoms with Crippen molar-refractivity contribution in [3.05, 3.63) is 69.7 Å². The van der Waals surface area contributed by atoms with Gasteiger partial charge in [-0.15, -0.1) is 0 Å². The number of fused-ring (bicyclic) bond motifs is 1. The monoisotopic (exact) mass is 417 g/mol. The zero-order valence-corrected chi connectivity index (χ0v) is 16.7. The molecule has 0 N–H and O–H groups in total. The molecule has 144 valence electrons. The molecule has 4 rings (SSSR count). The van der Waals surface area contributed by atoms with Crippen LogP contribution in [-0.4, -0.2) is 34.0 Å². The summed E-state index contributed by atoms with van der Waals surface area (Å²) < 4.78 is 16.7. The highest BCUT2D eigenvalue weighted by atomic mass is 35.5. The van der Waals surface area contributed by atoms with Gasteiger partial charge in [0, 0.05) is 34.8 Å². The first-order valence-electron chi connectivity index (χ1n) is 8.97. The maximum absolute atomic E-state index is 14.7. The Hall–Kier alpha value is -2.37. The Morgan fingerprint density at radius 1 is 1.25 bits per heavy atom. The van der Waals surface area contributed by atoms with Crippen molar-refractivity contribution in [1.29, 1.82) is 0 Å². The fourth-order valence-electron chi connectivity index (χ4n) is 3.62. The maximum atomic E-state index is 14.7. The lowest BCUT2D eigenvalue weighted by Gasteiger charge is -2.23. The summed E-state index contributed by atoms with van der Waals surface area (Å²) in [7, 11) is 0. The molecule has 1 aliphatic rings. The molecule has 0 radical (unpaired) electrons. The summed E-state index contributed by atoms with van der Waals surface area (Å²) in [6.45, 7) is 3.09. The zero-order chi connectivity index (χ0) is 19.8. The first kappa shape index (κ1) is 19.0. The number of rotatable bonds is 4. The van der Waals surface area contributed by atoms with Gasteiger partial charge in [-0.3, -0.25) is 4.79 Å². The average Bonchev–Trinajstić information content (AvgIpc) is 3.09. The van der Waals surface area contributed by atoms with Gasteiger partial charge in [-0.05, 0) is 42.7 Å². The Morgan fingerprint density at radius 3 is 2.75 bits per heavy atom. The molecule has 4 nitrogen and oxygen atoms in total. The summed E-state index contributed by atoms with van der Waals surface area (Å²) in [6.07, 6.45) is 5.04. The van der Waals surface area contributed by atoms with E-state index in [1.165, 1.54) is 6.07 Å². The Labute approximate surface area is 172 Å². The van der Waals surface area contributed by atoms with E-state index in [-0.39, 0.29) is 11.9 Å². The molecule has 0 saturated carbocycles. The lowest BCUT2D eigenvalue weighted by atomic mass is 9.98. The van der Waals surface area contributed by atoms with Crippen LogP contribution < -0.4 is 0 Å². The summed E-state index contributed by atoms with van der Waals surface area (Å²) in [6, 6.07) is 8.60. The minimum absolute atomic E-state index is 0.0982. The molecule has 0 spiro atoms. The van der Waals surface area contributed by atoms with Gasteiger partial charge in [0.05, 0.1) is 23.4 Å². The molecule has 0 saturated heterocycles. The number of benzene rings is 2. The molecular formula is C21H18Cl2FN3O. The van der Waals surface area contributed by atoms with Crippen molar-refractivity contribution in [3.8, 4) is 0 Å². The number of aromatic nitrogens is 2. The van der Waals surface area contributed by atoms with Gasteiger partial charge >= 0.3 is 0 Å². The molecule has 1 unspecified atom stereocenters. The van der Waals surface area contributed by atoms with Crippen LogP contribution in [0.5, 0.6) is 0 Å². The van der Waals surface area contributed by atoms with Gasteiger partial charge < -0.3 is 9.47 Å². The van der Waals surface area contributed by atoms with Crippen molar-refractivity contribution in [2.45, 2.75) is 19.4 Å². The van der Waals surface area contributed by atoms with Crippen LogP contribution >= 0.6 is 23.2 Å². The smallest absolute Gasteiger partial charge is 0.209 e. The summed E-state index contributed by atoms with van der Waals surface area (Å²) in [5.41, 5.74) is 3.78. The summed E-state index contributed by atoms with van der Waals surface area (Å²) in [4.78, 5) is 16.9. The quantitative estimate of drug-likeness (QED) is 0.537. The van der Waals surface area contributed by atoms with Gasteiger partial charge in [0.25, 0.3) is 0 Å². The van der Waals surface area contributed by atoms with Crippen molar-refractivity contribution < 1.29 is 9.18 Å². The van der Waals surface area contributed by atoms with E-state index in [1.54, 1.807) is 23.4 Å². The lowest BCUT2D eigenvalue weighted by Crippen LogP contribution is -2.26. The number of hydrogen-bond donors (Lipinski definition) is 0. The molecule has 1 aliphatic heterocycles. The van der Waals surface area contributed by atoms with Gasteiger partial charge in [0.15, 0.2) is 0 Å². The highest BCUT2D eigenvalue weighted by Gasteiger charge is 2.19. The normalized spacial score (nSPS) is 15.6. The van der Waals surface area contributed by atoms with Gasteiger partial charge in [-0.1, -0.05) is 35.3 Å². The minimum Gasteiger partial charge on any atom is -0.341 e. The van der Waals surface area contributed by atoms with Gasteiger partial charge in [-0.25, -0.2) is 9.37 Å². The number of carbonyl (C=O) groups is 1. The highest BCUT2D eigenvalue weighted by Crippen LogP contribution is 2.33. The molecule has 0 bridgehead atoms. The third-order valence-corrected chi connectivity index (χ3v) is 5.79. The number of carbonyl (C=O) groups excluding carboxylic acids is 1. The molecule has 1 amide bonds. The van der Waals surface area contributed by atoms with Crippen LogP contribution in [-0.2, 0) is 4.79 Å². The topological polar surface area (TPSA) is 38.1 Å². The van der Waals surface area contributed by atoms with E-state index in [1.807, 2.05) is 29.7 Å². The van der Waals surface area contributed by atoms with E-state index in [2.05, 4.69) is 4.98 Å². The van der Waals surface area contributed by atoms with Gasteiger partial charge in [-0.2, -0.15) is 0 Å². The lowest BCUT2D eigenvalue weighted by molar-refractivity contribution is -0.117. The Morgan fingerprint density at radius 2 is 2.07 bits per heavy atom. The summed E-state index contributed by atoms with van der Waals surface area (Å²) >= 11 is 12.4. The molecule has 2 aromatic carbocycles. The SMILES string of the molecule is CC(c1ccc(Cl)cc1Cl)n1cnc2cc(F)c(C3=CCN(C=O)CC3)cc21. The molecule has 0 aliphatic carbocycles. The molecular weight excluding hydrogens is 400 g/mol. The van der Waals surface area contributed by atoms with Crippen molar-refractivity contribution in [1.82, 2.24) is 14.5 Å². The van der Waals surface area contributed by atoms with E-state index < -0.39 is 0 Å². The van der Waals surface area contributed by atoms with Gasteiger partial charge in [0.1, 0.15) is 5.82 Å². The molecule has 1 aromatic heterocycles. The van der Waals surface area contributed by atoms with E-state index in [0.29, 0.717) is 40.6 Å². The Balaban J connectivity index is 1.77. The first-order valence-corrected chi connectivity index (χ1v) is 9.73. The number of halogens is 3. The predicted octanol–water partition coefficient (Wildman–Crippen LogP) is 5.34. The van der Waals surface area contributed by atoms with E-state index in [0.717, 1.165) is 23.1 Å². The third kappa shape index (κ3) is 3.40. The summed E-state index contributed by atoms with van der Waals surface area (Å²) in [5.74, 6) is -0.305. The number of amides is 1. The van der Waals surface area contributed by atoms with Crippen LogP contribution in [0, 0.1) is 5.82 Å². The standard InChI is InChI=1S/C21H18Cl2FN3O/c1-13(16-3-2-15(22)8-18(16)23)27-11-25-20-10-19(24)17(9-21(20)27)14-4-6-26(12-28)7-5-14/h2-4,8-13H,5-7H2,1H3. The predicted molar refractivity (Wildman–Crippen MR) is 110 cm³/mol. The van der Waals surface area contributed by atoms with Crippen molar-refractivity contribution in [2.75, 3.05) is 13.1 Å². The van der Waals surface area contributed by atoms with Crippen LogP contribution in [0.3, 0.4) is 0 Å². The van der Waals surface area contributed by atoms with E-state index in [9.17, 15) is 9.18 Å². The fraction of sp³-hybridized carbons (Fsp3) is 0.238. The van der Waals surface area contributed by atoms with Crippen LogP contribution in [0.4, 0.5) is 4.39 Å². The van der Waals surface area contributed by atoms with Gasteiger partial charge in [0.2, 0.25) is 6.41 Å². The first-order chi connectivity index (χ1) is 13.5. The van der Waals surface area contributed by atoms with E-state index >= 15 is 0 Å². The largest absolute Gasteiger partial charge is 0.341 e.